The highest BCUT2D eigenvalue weighted by Gasteiger charge is 2.21. The second-order valence-electron chi connectivity index (χ2n) is 5.64. The van der Waals surface area contributed by atoms with Gasteiger partial charge in [0.2, 0.25) is 0 Å². The summed E-state index contributed by atoms with van der Waals surface area (Å²) in [6.07, 6.45) is 2.59. The van der Waals surface area contributed by atoms with Crippen molar-refractivity contribution in [2.45, 2.75) is 38.9 Å². The van der Waals surface area contributed by atoms with Crippen molar-refractivity contribution in [1.29, 1.82) is 0 Å². The fourth-order valence-electron chi connectivity index (χ4n) is 2.42. The van der Waals surface area contributed by atoms with E-state index in [1.54, 1.807) is 11.3 Å². The smallest absolute Gasteiger partial charge is 0.0898 e. The van der Waals surface area contributed by atoms with Crippen LogP contribution in [0.4, 0.5) is 5.69 Å². The van der Waals surface area contributed by atoms with Crippen LogP contribution in [0.1, 0.15) is 29.1 Å². The van der Waals surface area contributed by atoms with Gasteiger partial charge in [0.1, 0.15) is 0 Å². The lowest BCUT2D eigenvalue weighted by molar-refractivity contribution is 0.685. The lowest BCUT2D eigenvalue weighted by Gasteiger charge is -2.22. The summed E-state index contributed by atoms with van der Waals surface area (Å²) in [6.45, 7) is 3.74. The molecule has 0 atom stereocenters. The molecule has 1 aliphatic carbocycles. The molecular formula is C16H20ClN3S. The van der Waals surface area contributed by atoms with E-state index in [2.05, 4.69) is 39.8 Å². The van der Waals surface area contributed by atoms with Crippen LogP contribution in [0.15, 0.2) is 23.6 Å². The van der Waals surface area contributed by atoms with E-state index in [0.717, 1.165) is 28.8 Å². The molecule has 5 heteroatoms. The molecule has 0 spiro atoms. The Labute approximate surface area is 135 Å². The zero-order valence-corrected chi connectivity index (χ0v) is 14.0. The van der Waals surface area contributed by atoms with Crippen LogP contribution >= 0.6 is 22.9 Å². The number of nitrogens with zero attached hydrogens (tertiary/aromatic N) is 2. The molecule has 1 heterocycles. The Morgan fingerprint density at radius 3 is 2.90 bits per heavy atom. The molecule has 1 aromatic carbocycles. The van der Waals surface area contributed by atoms with E-state index in [0.29, 0.717) is 6.04 Å². The van der Waals surface area contributed by atoms with Crippen LogP contribution in [-0.4, -0.2) is 18.1 Å². The van der Waals surface area contributed by atoms with Crippen molar-refractivity contribution in [3.05, 3.63) is 44.9 Å². The van der Waals surface area contributed by atoms with Gasteiger partial charge in [-0.2, -0.15) is 0 Å². The maximum absolute atomic E-state index is 6.16. The molecule has 1 aliphatic rings. The number of hydrogen-bond acceptors (Lipinski definition) is 4. The molecule has 112 valence electrons. The van der Waals surface area contributed by atoms with Gasteiger partial charge in [-0.3, -0.25) is 0 Å². The number of halogens is 1. The van der Waals surface area contributed by atoms with Crippen LogP contribution in [0.25, 0.3) is 0 Å². The van der Waals surface area contributed by atoms with Gasteiger partial charge in [0.05, 0.1) is 17.2 Å². The number of nitrogens with one attached hydrogen (secondary N) is 1. The van der Waals surface area contributed by atoms with Gasteiger partial charge in [-0.15, -0.1) is 11.3 Å². The van der Waals surface area contributed by atoms with Crippen molar-refractivity contribution >= 4 is 28.6 Å². The van der Waals surface area contributed by atoms with Crippen LogP contribution in [0.3, 0.4) is 0 Å². The SMILES string of the molecule is Cc1nc(CN(C)c2ccc(Cl)cc2CNC2CC2)cs1. The molecule has 1 aromatic heterocycles. The lowest BCUT2D eigenvalue weighted by atomic mass is 10.1. The van der Waals surface area contributed by atoms with Crippen molar-refractivity contribution in [3.8, 4) is 0 Å². The molecule has 0 bridgehead atoms. The fraction of sp³-hybridized carbons (Fsp3) is 0.438. The standard InChI is InChI=1S/C16H20ClN3S/c1-11-19-15(10-21-11)9-20(2)16-6-3-13(17)7-12(16)8-18-14-4-5-14/h3,6-7,10,14,18H,4-5,8-9H2,1-2H3. The molecule has 3 nitrogen and oxygen atoms in total. The van der Waals surface area contributed by atoms with Gasteiger partial charge in [0.15, 0.2) is 0 Å². The molecule has 21 heavy (non-hydrogen) atoms. The lowest BCUT2D eigenvalue weighted by Crippen LogP contribution is -2.21. The third kappa shape index (κ3) is 3.96. The van der Waals surface area contributed by atoms with Crippen molar-refractivity contribution in [1.82, 2.24) is 10.3 Å². The minimum absolute atomic E-state index is 0.698. The molecule has 0 saturated heterocycles. The third-order valence-corrected chi connectivity index (χ3v) is 4.73. The Bertz CT molecular complexity index is 622. The molecule has 0 aliphatic heterocycles. The summed E-state index contributed by atoms with van der Waals surface area (Å²) in [7, 11) is 2.11. The third-order valence-electron chi connectivity index (χ3n) is 3.68. The molecule has 3 rings (SSSR count). The first kappa shape index (κ1) is 14.8. The van der Waals surface area contributed by atoms with E-state index in [4.69, 9.17) is 11.6 Å². The maximum atomic E-state index is 6.16. The van der Waals surface area contributed by atoms with E-state index in [1.807, 2.05) is 13.0 Å². The Balaban J connectivity index is 1.75. The van der Waals surface area contributed by atoms with E-state index in [-0.39, 0.29) is 0 Å². The number of hydrogen-bond donors (Lipinski definition) is 1. The first-order valence-corrected chi connectivity index (χ1v) is 8.51. The average molecular weight is 322 g/mol. The zero-order chi connectivity index (χ0) is 14.8. The molecular weight excluding hydrogens is 302 g/mol. The van der Waals surface area contributed by atoms with Crippen LogP contribution in [-0.2, 0) is 13.1 Å². The molecule has 0 radical (unpaired) electrons. The Morgan fingerprint density at radius 1 is 1.43 bits per heavy atom. The average Bonchev–Trinajstić information content (AvgIpc) is 3.19. The van der Waals surface area contributed by atoms with Gasteiger partial charge >= 0.3 is 0 Å². The molecule has 1 saturated carbocycles. The van der Waals surface area contributed by atoms with E-state index in [9.17, 15) is 0 Å². The van der Waals surface area contributed by atoms with Gasteiger partial charge in [-0.05, 0) is 43.5 Å². The number of anilines is 1. The summed E-state index contributed by atoms with van der Waals surface area (Å²) in [4.78, 5) is 6.79. The predicted octanol–water partition coefficient (Wildman–Crippen LogP) is 3.99. The quantitative estimate of drug-likeness (QED) is 0.872. The normalized spacial score (nSPS) is 14.4. The molecule has 0 amide bonds. The van der Waals surface area contributed by atoms with Crippen LogP contribution in [0.2, 0.25) is 5.02 Å². The zero-order valence-electron chi connectivity index (χ0n) is 12.4. The largest absolute Gasteiger partial charge is 0.368 e. The highest BCUT2D eigenvalue weighted by molar-refractivity contribution is 7.09. The van der Waals surface area contributed by atoms with Crippen LogP contribution in [0, 0.1) is 6.92 Å². The molecule has 1 fully saturated rings. The van der Waals surface area contributed by atoms with Crippen molar-refractivity contribution in [2.24, 2.45) is 0 Å². The van der Waals surface area contributed by atoms with Crippen molar-refractivity contribution < 1.29 is 0 Å². The fourth-order valence-corrected chi connectivity index (χ4v) is 3.22. The van der Waals surface area contributed by atoms with Gasteiger partial charge in [0.25, 0.3) is 0 Å². The summed E-state index contributed by atoms with van der Waals surface area (Å²) >= 11 is 7.86. The number of thiazole rings is 1. The second kappa shape index (κ2) is 6.34. The molecule has 0 unspecified atom stereocenters. The van der Waals surface area contributed by atoms with Crippen LogP contribution in [0.5, 0.6) is 0 Å². The van der Waals surface area contributed by atoms with E-state index in [1.165, 1.54) is 24.1 Å². The molecule has 1 N–H and O–H groups in total. The van der Waals surface area contributed by atoms with E-state index >= 15 is 0 Å². The van der Waals surface area contributed by atoms with Gasteiger partial charge < -0.3 is 10.2 Å². The summed E-state index contributed by atoms with van der Waals surface area (Å²) in [5.41, 5.74) is 3.60. The van der Waals surface area contributed by atoms with E-state index < -0.39 is 0 Å². The minimum Gasteiger partial charge on any atom is -0.368 e. The summed E-state index contributed by atoms with van der Waals surface area (Å²) in [5, 5.41) is 7.60. The Hall–Kier alpha value is -1.10. The first-order chi connectivity index (χ1) is 10.1. The van der Waals surface area contributed by atoms with Crippen molar-refractivity contribution in [3.63, 3.8) is 0 Å². The minimum atomic E-state index is 0.698. The van der Waals surface area contributed by atoms with Gasteiger partial charge in [-0.25, -0.2) is 4.98 Å². The van der Waals surface area contributed by atoms with Gasteiger partial charge in [0, 0.05) is 35.7 Å². The monoisotopic (exact) mass is 321 g/mol. The second-order valence-corrected chi connectivity index (χ2v) is 7.14. The highest BCUT2D eigenvalue weighted by Crippen LogP contribution is 2.27. The first-order valence-electron chi connectivity index (χ1n) is 7.26. The summed E-state index contributed by atoms with van der Waals surface area (Å²) < 4.78 is 0. The highest BCUT2D eigenvalue weighted by atomic mass is 35.5. The van der Waals surface area contributed by atoms with Crippen molar-refractivity contribution in [2.75, 3.05) is 11.9 Å². The number of aryl methyl sites for hydroxylation is 1. The number of benzene rings is 1. The summed E-state index contributed by atoms with van der Waals surface area (Å²) in [6, 6.07) is 6.82. The Morgan fingerprint density at radius 2 is 2.24 bits per heavy atom. The number of aromatic nitrogens is 1. The van der Waals surface area contributed by atoms with Gasteiger partial charge in [-0.1, -0.05) is 11.6 Å². The summed E-state index contributed by atoms with van der Waals surface area (Å²) in [5.74, 6) is 0. The maximum Gasteiger partial charge on any atom is 0.0898 e. The predicted molar refractivity (Wildman–Crippen MR) is 90.3 cm³/mol. The topological polar surface area (TPSA) is 28.2 Å². The molecule has 2 aromatic rings. The Kier molecular flexibility index (Phi) is 4.48. The van der Waals surface area contributed by atoms with Crippen LogP contribution < -0.4 is 10.2 Å². The number of rotatable bonds is 6.